The molecule has 0 fully saturated rings. The molecule has 4 aromatic rings. The van der Waals surface area contributed by atoms with Crippen molar-refractivity contribution in [2.24, 2.45) is 15.4 Å². The van der Waals surface area contributed by atoms with Gasteiger partial charge >= 0.3 is 0 Å². The summed E-state index contributed by atoms with van der Waals surface area (Å²) in [5, 5.41) is 24.6. The Morgan fingerprint density at radius 3 is 2.35 bits per heavy atom. The van der Waals surface area contributed by atoms with Crippen LogP contribution in [0.5, 0.6) is 5.88 Å². The highest BCUT2D eigenvalue weighted by molar-refractivity contribution is 7.89. The molecule has 10 heteroatoms. The summed E-state index contributed by atoms with van der Waals surface area (Å²) in [5.74, 6) is -0.0775. The van der Waals surface area contributed by atoms with Gasteiger partial charge in [-0.1, -0.05) is 12.1 Å². The maximum Gasteiger partial charge on any atom is 0.238 e. The van der Waals surface area contributed by atoms with Crippen LogP contribution in [0.4, 0.5) is 11.4 Å². The molecule has 160 valence electrons. The summed E-state index contributed by atoms with van der Waals surface area (Å²) in [4.78, 5) is 6.96. The van der Waals surface area contributed by atoms with Gasteiger partial charge in [0.05, 0.1) is 16.1 Å². The van der Waals surface area contributed by atoms with Crippen molar-refractivity contribution in [2.45, 2.75) is 17.7 Å². The van der Waals surface area contributed by atoms with E-state index in [1.807, 2.05) is 30.3 Å². The molecule has 0 saturated heterocycles. The molecule has 0 bridgehead atoms. The highest BCUT2D eigenvalue weighted by Crippen LogP contribution is 2.38. The van der Waals surface area contributed by atoms with Gasteiger partial charge in [-0.3, -0.25) is 4.98 Å². The first-order valence-corrected chi connectivity index (χ1v) is 10.7. The standard InChI is InChI=1S/C21H19N5O3S.ClH/c22-30(28,29)17-8-6-16(7-9-17)25-26-20-19-15(2-1-3-18(19)24-21(20)27)5-4-14-10-12-23-13-11-14;/h1-3,6-13,24,27H,4-5H2,(H2,22,28,29);1H/p-1. The van der Waals surface area contributed by atoms with Gasteiger partial charge < -0.3 is 22.5 Å². The number of aryl methyl sites for hydroxylation is 2. The summed E-state index contributed by atoms with van der Waals surface area (Å²) in [6, 6.07) is 15.5. The second-order valence-electron chi connectivity index (χ2n) is 6.76. The zero-order chi connectivity index (χ0) is 21.1. The first-order valence-electron chi connectivity index (χ1n) is 9.18. The lowest BCUT2D eigenvalue weighted by Gasteiger charge is -2.05. The number of aromatic hydroxyl groups is 1. The van der Waals surface area contributed by atoms with Crippen LogP contribution >= 0.6 is 0 Å². The Hall–Kier alpha value is -3.27. The van der Waals surface area contributed by atoms with Gasteiger partial charge in [-0.2, -0.15) is 5.11 Å². The molecule has 4 rings (SSSR count). The maximum absolute atomic E-state index is 11.4. The molecule has 0 saturated carbocycles. The topological polar surface area (TPSA) is 134 Å². The number of fused-ring (bicyclic) bond motifs is 1. The molecule has 4 N–H and O–H groups in total. The third-order valence-corrected chi connectivity index (χ3v) is 5.66. The monoisotopic (exact) mass is 456 g/mol. The van der Waals surface area contributed by atoms with E-state index in [-0.39, 0.29) is 23.2 Å². The number of sulfonamides is 1. The number of rotatable bonds is 6. The Morgan fingerprint density at radius 1 is 0.968 bits per heavy atom. The number of aromatic amines is 1. The predicted octanol–water partition coefficient (Wildman–Crippen LogP) is 1.12. The number of hydrogen-bond acceptors (Lipinski definition) is 6. The molecule has 0 spiro atoms. The van der Waals surface area contributed by atoms with Crippen molar-refractivity contribution in [1.82, 2.24) is 9.97 Å². The van der Waals surface area contributed by atoms with Gasteiger partial charge in [0.2, 0.25) is 15.9 Å². The van der Waals surface area contributed by atoms with Crippen LogP contribution in [0.1, 0.15) is 11.1 Å². The van der Waals surface area contributed by atoms with Crippen LogP contribution in [-0.4, -0.2) is 23.5 Å². The van der Waals surface area contributed by atoms with Gasteiger partial charge in [-0.25, -0.2) is 13.6 Å². The van der Waals surface area contributed by atoms with E-state index in [4.69, 9.17) is 5.14 Å². The van der Waals surface area contributed by atoms with E-state index in [9.17, 15) is 13.5 Å². The molecule has 2 aromatic heterocycles. The minimum absolute atomic E-state index is 0. The Kier molecular flexibility index (Phi) is 6.69. The first kappa shape index (κ1) is 22.4. The Labute approximate surface area is 185 Å². The van der Waals surface area contributed by atoms with Gasteiger partial charge in [0.15, 0.2) is 5.69 Å². The van der Waals surface area contributed by atoms with Crippen molar-refractivity contribution in [3.05, 3.63) is 78.1 Å². The van der Waals surface area contributed by atoms with E-state index in [2.05, 4.69) is 20.2 Å². The number of benzene rings is 2. The van der Waals surface area contributed by atoms with Crippen LogP contribution in [0.3, 0.4) is 0 Å². The van der Waals surface area contributed by atoms with E-state index >= 15 is 0 Å². The van der Waals surface area contributed by atoms with Gasteiger partial charge in [0.25, 0.3) is 0 Å². The Morgan fingerprint density at radius 2 is 1.68 bits per heavy atom. The van der Waals surface area contributed by atoms with E-state index in [1.54, 1.807) is 12.4 Å². The third kappa shape index (κ3) is 5.08. The van der Waals surface area contributed by atoms with Crippen LogP contribution < -0.4 is 17.5 Å². The quantitative estimate of drug-likeness (QED) is 0.375. The van der Waals surface area contributed by atoms with E-state index in [0.717, 1.165) is 29.3 Å². The average molecular weight is 457 g/mol. The summed E-state index contributed by atoms with van der Waals surface area (Å²) < 4.78 is 22.7. The SMILES string of the molecule is NS(=O)(=O)c1ccc(N=Nc2c(O)[nH]c3cccc(CCc4ccncc4)c23)cc1.[Cl-]. The number of nitrogens with one attached hydrogen (secondary N) is 1. The van der Waals surface area contributed by atoms with Crippen LogP contribution in [0.2, 0.25) is 0 Å². The van der Waals surface area contributed by atoms with E-state index in [0.29, 0.717) is 11.4 Å². The Bertz CT molecular complexity index is 1320. The number of hydrogen-bond donors (Lipinski definition) is 3. The summed E-state index contributed by atoms with van der Waals surface area (Å²) in [6.07, 6.45) is 5.10. The van der Waals surface area contributed by atoms with E-state index in [1.165, 1.54) is 29.8 Å². The van der Waals surface area contributed by atoms with Gasteiger partial charge in [0, 0.05) is 17.8 Å². The Balaban J connectivity index is 0.00000272. The number of H-pyrrole nitrogens is 1. The molecule has 2 heterocycles. The smallest absolute Gasteiger partial charge is 0.238 e. The molecule has 0 aliphatic heterocycles. The van der Waals surface area contributed by atoms with Crippen molar-refractivity contribution in [3.63, 3.8) is 0 Å². The normalized spacial score (nSPS) is 11.6. The third-order valence-electron chi connectivity index (χ3n) is 4.73. The molecular weight excluding hydrogens is 438 g/mol. The number of nitrogens with zero attached hydrogens (tertiary/aromatic N) is 3. The zero-order valence-electron chi connectivity index (χ0n) is 16.2. The first-order chi connectivity index (χ1) is 14.4. The van der Waals surface area contributed by atoms with Crippen molar-refractivity contribution in [2.75, 3.05) is 0 Å². The summed E-state index contributed by atoms with van der Waals surface area (Å²) in [6.45, 7) is 0. The summed E-state index contributed by atoms with van der Waals surface area (Å²) >= 11 is 0. The second-order valence-corrected chi connectivity index (χ2v) is 8.32. The van der Waals surface area contributed by atoms with Crippen molar-refractivity contribution >= 4 is 32.3 Å². The number of primary sulfonamides is 1. The van der Waals surface area contributed by atoms with Crippen molar-refractivity contribution < 1.29 is 25.9 Å². The molecule has 0 amide bonds. The van der Waals surface area contributed by atoms with Gasteiger partial charge in [-0.15, -0.1) is 5.11 Å². The minimum atomic E-state index is -3.77. The molecule has 0 atom stereocenters. The summed E-state index contributed by atoms with van der Waals surface area (Å²) in [5.41, 5.74) is 3.73. The lowest BCUT2D eigenvalue weighted by molar-refractivity contribution is -0.00000986. The van der Waals surface area contributed by atoms with Crippen molar-refractivity contribution in [1.29, 1.82) is 0 Å². The second kappa shape index (κ2) is 9.25. The number of azo groups is 1. The van der Waals surface area contributed by atoms with Crippen molar-refractivity contribution in [3.8, 4) is 5.88 Å². The maximum atomic E-state index is 11.4. The fourth-order valence-corrected chi connectivity index (χ4v) is 3.75. The molecule has 2 aromatic carbocycles. The van der Waals surface area contributed by atoms with Crippen LogP contribution in [0.15, 0.2) is 82.1 Å². The van der Waals surface area contributed by atoms with E-state index < -0.39 is 10.0 Å². The number of halogens is 1. The fraction of sp³-hybridized carbons (Fsp3) is 0.0952. The highest BCUT2D eigenvalue weighted by atomic mass is 35.5. The molecular formula is C21H19ClN5O3S-. The molecule has 0 radical (unpaired) electrons. The molecule has 31 heavy (non-hydrogen) atoms. The average Bonchev–Trinajstić information content (AvgIpc) is 3.06. The van der Waals surface area contributed by atoms with Crippen LogP contribution in [0.25, 0.3) is 10.9 Å². The number of aromatic nitrogens is 2. The largest absolute Gasteiger partial charge is 1.00 e. The number of pyridine rings is 1. The van der Waals surface area contributed by atoms with Gasteiger partial charge in [-0.05, 0) is 66.4 Å². The molecule has 0 unspecified atom stereocenters. The molecule has 8 nitrogen and oxygen atoms in total. The highest BCUT2D eigenvalue weighted by Gasteiger charge is 2.14. The fourth-order valence-electron chi connectivity index (χ4n) is 3.23. The molecule has 0 aliphatic carbocycles. The lowest BCUT2D eigenvalue weighted by Crippen LogP contribution is -3.00. The minimum Gasteiger partial charge on any atom is -1.00 e. The number of nitrogens with two attached hydrogens (primary N) is 1. The lowest BCUT2D eigenvalue weighted by atomic mass is 10.0. The van der Waals surface area contributed by atoms with Crippen LogP contribution in [0, 0.1) is 0 Å². The zero-order valence-corrected chi connectivity index (χ0v) is 17.8. The molecule has 0 aliphatic rings. The predicted molar refractivity (Wildman–Crippen MR) is 114 cm³/mol. The van der Waals surface area contributed by atoms with Crippen LogP contribution in [-0.2, 0) is 22.9 Å². The van der Waals surface area contributed by atoms with Gasteiger partial charge in [0.1, 0.15) is 0 Å². The summed E-state index contributed by atoms with van der Waals surface area (Å²) in [7, 11) is -3.77.